The maximum absolute atomic E-state index is 13.4. The van der Waals surface area contributed by atoms with Gasteiger partial charge in [-0.1, -0.05) is 12.1 Å². The van der Waals surface area contributed by atoms with Crippen LogP contribution in [0.1, 0.15) is 27.0 Å². The summed E-state index contributed by atoms with van der Waals surface area (Å²) in [6.45, 7) is 0.360. The summed E-state index contributed by atoms with van der Waals surface area (Å²) in [4.78, 5) is 13.4. The van der Waals surface area contributed by atoms with Crippen LogP contribution < -0.4 is 10.2 Å². The minimum atomic E-state index is -1.36. The fraction of sp³-hybridized carbons (Fsp3) is 0.174. The molecule has 173 valence electrons. The molecule has 0 amide bonds. The molecule has 10 nitrogen and oxygen atoms in total. The molecule has 1 saturated heterocycles. The summed E-state index contributed by atoms with van der Waals surface area (Å²) in [5, 5.41) is 34.3. The standard InChI is InChI=1S/C23H18ClN4O6/c24-26-10-27(12-28(32)11-26)25-18-3-1-2-17-21(18)22(31)34-23(17)15-6-4-13(29)8-19(15)33-20-9-14(30)5-7-16(20)23/h1-9,25,29-30H,10-12H2. The maximum atomic E-state index is 13.4. The predicted molar refractivity (Wildman–Crippen MR) is 118 cm³/mol. The van der Waals surface area contributed by atoms with E-state index in [2.05, 4.69) is 5.43 Å². The van der Waals surface area contributed by atoms with Crippen molar-refractivity contribution in [3.05, 3.63) is 76.9 Å². The van der Waals surface area contributed by atoms with E-state index >= 15 is 0 Å². The van der Waals surface area contributed by atoms with Gasteiger partial charge in [0.15, 0.2) is 5.60 Å². The van der Waals surface area contributed by atoms with E-state index in [0.717, 1.165) is 5.06 Å². The highest BCUT2D eigenvalue weighted by molar-refractivity contribution is 6.13. The first kappa shape index (κ1) is 21.0. The molecule has 0 unspecified atom stereocenters. The average Bonchev–Trinajstić information content (AvgIpc) is 3.06. The molecule has 6 rings (SSSR count). The molecular formula is C23H18ClN4O6. The van der Waals surface area contributed by atoms with Gasteiger partial charge in [-0.2, -0.15) is 9.43 Å². The summed E-state index contributed by atoms with van der Waals surface area (Å²) in [5.74, 6) is -0.0108. The Bertz CT molecular complexity index is 1270. The summed E-state index contributed by atoms with van der Waals surface area (Å²) >= 11 is 6.04. The molecule has 34 heavy (non-hydrogen) atoms. The smallest absolute Gasteiger partial charge is 0.342 e. The van der Waals surface area contributed by atoms with Crippen LogP contribution in [0.4, 0.5) is 5.69 Å². The highest BCUT2D eigenvalue weighted by atomic mass is 35.5. The number of hydrogen-bond donors (Lipinski definition) is 3. The Morgan fingerprint density at radius 2 is 1.59 bits per heavy atom. The molecule has 3 heterocycles. The fourth-order valence-corrected chi connectivity index (χ4v) is 5.01. The number of aromatic hydroxyl groups is 2. The number of esters is 1. The van der Waals surface area contributed by atoms with E-state index in [0.29, 0.717) is 39.4 Å². The van der Waals surface area contributed by atoms with Gasteiger partial charge in [0, 0.05) is 28.8 Å². The van der Waals surface area contributed by atoms with Crippen LogP contribution in [0.5, 0.6) is 23.0 Å². The van der Waals surface area contributed by atoms with E-state index in [-0.39, 0.29) is 31.5 Å². The van der Waals surface area contributed by atoms with Crippen LogP contribution in [0, 0.1) is 0 Å². The van der Waals surface area contributed by atoms with Crippen LogP contribution in [0.25, 0.3) is 0 Å². The minimum Gasteiger partial charge on any atom is -0.508 e. The molecule has 0 aliphatic carbocycles. The van der Waals surface area contributed by atoms with E-state index in [1.54, 1.807) is 35.3 Å². The molecule has 3 aliphatic rings. The van der Waals surface area contributed by atoms with Crippen LogP contribution in [0.2, 0.25) is 0 Å². The number of hydroxylamine groups is 2. The van der Waals surface area contributed by atoms with Gasteiger partial charge < -0.3 is 25.1 Å². The molecule has 1 radical (unpaired) electrons. The summed E-state index contributed by atoms with van der Waals surface area (Å²) in [5.41, 5.74) is 4.12. The second-order valence-electron chi connectivity index (χ2n) is 8.28. The van der Waals surface area contributed by atoms with E-state index < -0.39 is 11.6 Å². The first-order chi connectivity index (χ1) is 16.3. The average molecular weight is 482 g/mol. The van der Waals surface area contributed by atoms with E-state index in [1.807, 2.05) is 0 Å². The Labute approximate surface area is 198 Å². The molecule has 0 aromatic heterocycles. The molecular weight excluding hydrogens is 464 g/mol. The Morgan fingerprint density at radius 3 is 2.24 bits per heavy atom. The van der Waals surface area contributed by atoms with Crippen molar-refractivity contribution in [2.75, 3.05) is 25.4 Å². The number of halogens is 1. The fourth-order valence-electron chi connectivity index (χ4n) is 4.76. The number of hydrogen-bond acceptors (Lipinski definition) is 9. The van der Waals surface area contributed by atoms with Crippen LogP contribution in [-0.2, 0) is 15.5 Å². The minimum absolute atomic E-state index is 0.0182. The number of nitrogens with one attached hydrogen (secondary N) is 1. The number of anilines is 1. The summed E-state index contributed by atoms with van der Waals surface area (Å²) in [6, 6.07) is 14.4. The van der Waals surface area contributed by atoms with Crippen molar-refractivity contribution in [2.45, 2.75) is 5.60 Å². The number of carbonyl (C=O) groups excluding carboxylic acids is 1. The number of rotatable bonds is 2. The van der Waals surface area contributed by atoms with Crippen LogP contribution >= 0.6 is 11.8 Å². The van der Waals surface area contributed by atoms with Crippen molar-refractivity contribution in [1.82, 2.24) is 14.5 Å². The number of carbonyl (C=O) groups is 1. The molecule has 3 aromatic rings. The van der Waals surface area contributed by atoms with Gasteiger partial charge in [0.25, 0.3) is 0 Å². The summed E-state index contributed by atoms with van der Waals surface area (Å²) < 4.78 is 13.4. The molecule has 3 aliphatic heterocycles. The molecule has 0 atom stereocenters. The quantitative estimate of drug-likeness (QED) is 0.374. The van der Waals surface area contributed by atoms with Crippen molar-refractivity contribution < 1.29 is 29.7 Å². The lowest BCUT2D eigenvalue weighted by Crippen LogP contribution is -2.52. The molecule has 3 aromatic carbocycles. The topological polar surface area (TPSA) is 118 Å². The van der Waals surface area contributed by atoms with Crippen molar-refractivity contribution in [3.63, 3.8) is 0 Å². The van der Waals surface area contributed by atoms with Crippen molar-refractivity contribution >= 4 is 23.4 Å². The van der Waals surface area contributed by atoms with Gasteiger partial charge in [-0.25, -0.2) is 4.79 Å². The highest BCUT2D eigenvalue weighted by Crippen LogP contribution is 2.57. The SMILES string of the molecule is [O]N1CN(Cl)CN(Nc2cccc3c2C(=O)OC32c3ccc(O)cc3Oc3cc(O)ccc32)C1. The largest absolute Gasteiger partial charge is 0.508 e. The number of phenols is 2. The first-order valence-electron chi connectivity index (χ1n) is 10.4. The monoisotopic (exact) mass is 481 g/mol. The van der Waals surface area contributed by atoms with Crippen molar-refractivity contribution in [3.8, 4) is 23.0 Å². The van der Waals surface area contributed by atoms with Crippen LogP contribution in [0.3, 0.4) is 0 Å². The third kappa shape index (κ3) is 3.08. The second-order valence-corrected chi connectivity index (χ2v) is 8.76. The van der Waals surface area contributed by atoms with Gasteiger partial charge in [0.1, 0.15) is 23.0 Å². The number of nitrogens with zero attached hydrogens (tertiary/aromatic N) is 3. The lowest BCUT2D eigenvalue weighted by molar-refractivity contribution is -0.220. The van der Waals surface area contributed by atoms with Gasteiger partial charge in [-0.05, 0) is 42.1 Å². The zero-order chi connectivity index (χ0) is 23.6. The van der Waals surface area contributed by atoms with Crippen LogP contribution in [-0.4, -0.2) is 50.7 Å². The Kier molecular flexibility index (Phi) is 4.63. The third-order valence-corrected chi connectivity index (χ3v) is 6.26. The zero-order valence-electron chi connectivity index (χ0n) is 17.6. The van der Waals surface area contributed by atoms with Gasteiger partial charge in [0.2, 0.25) is 0 Å². The van der Waals surface area contributed by atoms with Crippen LogP contribution in [0.15, 0.2) is 54.6 Å². The number of benzene rings is 3. The summed E-state index contributed by atoms with van der Waals surface area (Å²) in [6.07, 6.45) is 0. The summed E-state index contributed by atoms with van der Waals surface area (Å²) in [7, 11) is 0. The molecule has 3 N–H and O–H groups in total. The van der Waals surface area contributed by atoms with Crippen molar-refractivity contribution in [2.24, 2.45) is 0 Å². The number of fused-ring (bicyclic) bond motifs is 6. The molecule has 1 fully saturated rings. The third-order valence-electron chi connectivity index (χ3n) is 6.04. The lowest BCUT2D eigenvalue weighted by atomic mass is 9.77. The predicted octanol–water partition coefficient (Wildman–Crippen LogP) is 3.28. The highest BCUT2D eigenvalue weighted by Gasteiger charge is 2.54. The van der Waals surface area contributed by atoms with Crippen molar-refractivity contribution in [1.29, 1.82) is 0 Å². The Hall–Kier alpha value is -3.54. The Balaban J connectivity index is 1.53. The molecule has 0 saturated carbocycles. The van der Waals surface area contributed by atoms with Gasteiger partial charge in [0.05, 0.1) is 31.3 Å². The normalized spacial score (nSPS) is 19.2. The number of ether oxygens (including phenoxy) is 2. The molecule has 11 heteroatoms. The molecule has 0 bridgehead atoms. The van der Waals surface area contributed by atoms with Gasteiger partial charge in [-0.15, -0.1) is 10.3 Å². The molecule has 1 spiro atoms. The second kappa shape index (κ2) is 7.49. The van der Waals surface area contributed by atoms with E-state index in [9.17, 15) is 20.2 Å². The Morgan fingerprint density at radius 1 is 0.912 bits per heavy atom. The zero-order valence-corrected chi connectivity index (χ0v) is 18.3. The van der Waals surface area contributed by atoms with E-state index in [4.69, 9.17) is 21.3 Å². The number of hydrazine groups is 1. The number of phenolic OH excluding ortho intramolecular Hbond substituents is 2. The first-order valence-corrected chi connectivity index (χ1v) is 10.7. The lowest BCUT2D eigenvalue weighted by Gasteiger charge is -2.36. The van der Waals surface area contributed by atoms with Gasteiger partial charge in [-0.3, -0.25) is 0 Å². The van der Waals surface area contributed by atoms with Gasteiger partial charge >= 0.3 is 5.97 Å². The maximum Gasteiger partial charge on any atom is 0.342 e. The van der Waals surface area contributed by atoms with E-state index in [1.165, 1.54) is 28.7 Å².